The molecule has 0 aliphatic carbocycles. The fraction of sp³-hybridized carbons (Fsp3) is 0.391. The van der Waals surface area contributed by atoms with Crippen LogP contribution in [0.2, 0.25) is 0 Å². The molecule has 0 radical (unpaired) electrons. The minimum atomic E-state index is -0.0927. The number of aryl methyl sites for hydroxylation is 1. The van der Waals surface area contributed by atoms with Crippen LogP contribution < -0.4 is 20.1 Å². The number of amides is 2. The topological polar surface area (TPSA) is 79.9 Å². The molecule has 2 aromatic carbocycles. The van der Waals surface area contributed by atoms with Crippen molar-refractivity contribution in [2.75, 3.05) is 44.5 Å². The van der Waals surface area contributed by atoms with Crippen molar-refractivity contribution in [3.05, 3.63) is 48.0 Å². The number of carbonyl (C=O) groups excluding carboxylic acids is 2. The number of piperidine rings is 1. The van der Waals surface area contributed by atoms with Gasteiger partial charge in [-0.2, -0.15) is 0 Å². The maximum absolute atomic E-state index is 12.5. The number of hydrogen-bond acceptors (Lipinski definition) is 5. The summed E-state index contributed by atoms with van der Waals surface area (Å²) in [6, 6.07) is 13.1. The minimum absolute atomic E-state index is 0.0318. The lowest BCUT2D eigenvalue weighted by molar-refractivity contribution is -0.121. The van der Waals surface area contributed by atoms with Crippen LogP contribution in [0.15, 0.2) is 42.5 Å². The molecular formula is C23H29N3O4. The SMILES string of the molecule is COc1ccc(NC(=O)CN2CCC(C(=O)Nc3cccc(C)c3)CC2)cc1OC. The van der Waals surface area contributed by atoms with E-state index in [4.69, 9.17) is 9.47 Å². The first kappa shape index (κ1) is 21.6. The fourth-order valence-corrected chi connectivity index (χ4v) is 3.64. The first-order chi connectivity index (χ1) is 14.5. The van der Waals surface area contributed by atoms with E-state index < -0.39 is 0 Å². The van der Waals surface area contributed by atoms with Gasteiger partial charge in [-0.1, -0.05) is 12.1 Å². The molecule has 7 heteroatoms. The lowest BCUT2D eigenvalue weighted by Gasteiger charge is -2.30. The fourth-order valence-electron chi connectivity index (χ4n) is 3.64. The summed E-state index contributed by atoms with van der Waals surface area (Å²) < 4.78 is 10.5. The third kappa shape index (κ3) is 5.73. The van der Waals surface area contributed by atoms with Crippen molar-refractivity contribution < 1.29 is 19.1 Å². The van der Waals surface area contributed by atoms with Crippen molar-refractivity contribution in [2.45, 2.75) is 19.8 Å². The number of methoxy groups -OCH3 is 2. The predicted octanol–water partition coefficient (Wildman–Crippen LogP) is 3.30. The maximum Gasteiger partial charge on any atom is 0.238 e. The molecule has 0 unspecified atom stereocenters. The van der Waals surface area contributed by atoms with Gasteiger partial charge in [-0.05, 0) is 62.7 Å². The van der Waals surface area contributed by atoms with Gasteiger partial charge in [-0.3, -0.25) is 14.5 Å². The molecule has 1 heterocycles. The van der Waals surface area contributed by atoms with E-state index in [9.17, 15) is 9.59 Å². The Morgan fingerprint density at radius 2 is 1.67 bits per heavy atom. The van der Waals surface area contributed by atoms with Crippen LogP contribution in [-0.4, -0.2) is 50.6 Å². The number of anilines is 2. The molecular weight excluding hydrogens is 382 g/mol. The molecule has 30 heavy (non-hydrogen) atoms. The van der Waals surface area contributed by atoms with Crippen LogP contribution in [0, 0.1) is 12.8 Å². The third-order valence-corrected chi connectivity index (χ3v) is 5.28. The number of ether oxygens (including phenoxy) is 2. The molecule has 2 N–H and O–H groups in total. The van der Waals surface area contributed by atoms with Crippen molar-refractivity contribution >= 4 is 23.2 Å². The van der Waals surface area contributed by atoms with Gasteiger partial charge in [0.05, 0.1) is 20.8 Å². The number of hydrogen-bond donors (Lipinski definition) is 2. The quantitative estimate of drug-likeness (QED) is 0.731. The van der Waals surface area contributed by atoms with Gasteiger partial charge >= 0.3 is 0 Å². The molecule has 160 valence electrons. The number of rotatable bonds is 7. The summed E-state index contributed by atoms with van der Waals surface area (Å²) in [4.78, 5) is 27.0. The summed E-state index contributed by atoms with van der Waals surface area (Å²) in [5.41, 5.74) is 2.60. The summed E-state index contributed by atoms with van der Waals surface area (Å²) in [6.07, 6.45) is 1.47. The normalized spacial score (nSPS) is 14.8. The second-order valence-corrected chi connectivity index (χ2v) is 7.53. The van der Waals surface area contributed by atoms with E-state index in [-0.39, 0.29) is 17.7 Å². The molecule has 1 aliphatic heterocycles. The summed E-state index contributed by atoms with van der Waals surface area (Å²) >= 11 is 0. The number of benzene rings is 2. The monoisotopic (exact) mass is 411 g/mol. The Morgan fingerprint density at radius 1 is 0.967 bits per heavy atom. The highest BCUT2D eigenvalue weighted by Gasteiger charge is 2.26. The zero-order valence-corrected chi connectivity index (χ0v) is 17.7. The lowest BCUT2D eigenvalue weighted by atomic mass is 9.95. The molecule has 0 aromatic heterocycles. The van der Waals surface area contributed by atoms with Crippen molar-refractivity contribution in [3.8, 4) is 11.5 Å². The van der Waals surface area contributed by atoms with Gasteiger partial charge in [0.2, 0.25) is 11.8 Å². The third-order valence-electron chi connectivity index (χ3n) is 5.28. The summed E-state index contributed by atoms with van der Waals surface area (Å²) in [6.45, 7) is 3.72. The van der Waals surface area contributed by atoms with Gasteiger partial charge in [0.15, 0.2) is 11.5 Å². The average Bonchev–Trinajstić information content (AvgIpc) is 2.74. The van der Waals surface area contributed by atoms with E-state index in [0.29, 0.717) is 36.8 Å². The standard InChI is InChI=1S/C23H29N3O4/c1-16-5-4-6-18(13-16)25-23(28)17-9-11-26(12-10-17)15-22(27)24-19-7-8-20(29-2)21(14-19)30-3/h4-8,13-14,17H,9-12,15H2,1-3H3,(H,24,27)(H,25,28). The Morgan fingerprint density at radius 3 is 2.33 bits per heavy atom. The summed E-state index contributed by atoms with van der Waals surface area (Å²) in [5.74, 6) is 1.10. The zero-order valence-electron chi connectivity index (χ0n) is 17.7. The van der Waals surface area contributed by atoms with E-state index in [0.717, 1.165) is 24.1 Å². The summed E-state index contributed by atoms with van der Waals surface area (Å²) in [7, 11) is 3.13. The Bertz CT molecular complexity index is 892. The number of likely N-dealkylation sites (tertiary alicyclic amines) is 1. The van der Waals surface area contributed by atoms with Gasteiger partial charge < -0.3 is 20.1 Å². The highest BCUT2D eigenvalue weighted by atomic mass is 16.5. The van der Waals surface area contributed by atoms with Crippen molar-refractivity contribution in [1.82, 2.24) is 4.90 Å². The van der Waals surface area contributed by atoms with Gasteiger partial charge in [0.25, 0.3) is 0 Å². The zero-order chi connectivity index (χ0) is 21.5. The molecule has 7 nitrogen and oxygen atoms in total. The Hall–Kier alpha value is -3.06. The smallest absolute Gasteiger partial charge is 0.238 e. The van der Waals surface area contributed by atoms with Crippen molar-refractivity contribution in [2.24, 2.45) is 5.92 Å². The average molecular weight is 412 g/mol. The van der Waals surface area contributed by atoms with E-state index in [2.05, 4.69) is 15.5 Å². The van der Waals surface area contributed by atoms with Crippen LogP contribution in [0.25, 0.3) is 0 Å². The van der Waals surface area contributed by atoms with E-state index in [1.807, 2.05) is 31.2 Å². The molecule has 1 saturated heterocycles. The Kier molecular flexibility index (Phi) is 7.30. The van der Waals surface area contributed by atoms with Gasteiger partial charge in [0, 0.05) is 23.4 Å². The van der Waals surface area contributed by atoms with Crippen molar-refractivity contribution in [1.29, 1.82) is 0 Å². The molecule has 0 saturated carbocycles. The highest BCUT2D eigenvalue weighted by molar-refractivity contribution is 5.93. The van der Waals surface area contributed by atoms with Crippen LogP contribution in [0.5, 0.6) is 11.5 Å². The molecule has 0 bridgehead atoms. The second kappa shape index (κ2) is 10.1. The Labute approximate surface area is 177 Å². The first-order valence-electron chi connectivity index (χ1n) is 10.1. The van der Waals surface area contributed by atoms with Crippen LogP contribution in [0.1, 0.15) is 18.4 Å². The molecule has 1 aliphatic rings. The Balaban J connectivity index is 1.46. The minimum Gasteiger partial charge on any atom is -0.493 e. The second-order valence-electron chi connectivity index (χ2n) is 7.53. The van der Waals surface area contributed by atoms with E-state index >= 15 is 0 Å². The van der Waals surface area contributed by atoms with Crippen LogP contribution in [0.3, 0.4) is 0 Å². The molecule has 1 fully saturated rings. The largest absolute Gasteiger partial charge is 0.493 e. The van der Waals surface area contributed by atoms with Crippen LogP contribution in [0.4, 0.5) is 11.4 Å². The van der Waals surface area contributed by atoms with Gasteiger partial charge in [0.1, 0.15) is 0 Å². The van der Waals surface area contributed by atoms with Crippen molar-refractivity contribution in [3.63, 3.8) is 0 Å². The summed E-state index contributed by atoms with van der Waals surface area (Å²) in [5, 5.41) is 5.89. The molecule has 0 spiro atoms. The van der Waals surface area contributed by atoms with Gasteiger partial charge in [-0.25, -0.2) is 0 Å². The van der Waals surface area contributed by atoms with E-state index in [1.165, 1.54) is 0 Å². The van der Waals surface area contributed by atoms with E-state index in [1.54, 1.807) is 32.4 Å². The molecule has 3 rings (SSSR count). The number of nitrogens with one attached hydrogen (secondary N) is 2. The maximum atomic E-state index is 12.5. The molecule has 0 atom stereocenters. The van der Waals surface area contributed by atoms with Crippen LogP contribution >= 0.6 is 0 Å². The number of nitrogens with zero attached hydrogens (tertiary/aromatic N) is 1. The van der Waals surface area contributed by atoms with Crippen LogP contribution in [-0.2, 0) is 9.59 Å². The predicted molar refractivity (Wildman–Crippen MR) is 117 cm³/mol. The highest BCUT2D eigenvalue weighted by Crippen LogP contribution is 2.29. The lowest BCUT2D eigenvalue weighted by Crippen LogP contribution is -2.41. The molecule has 2 aromatic rings. The molecule has 2 amide bonds. The van der Waals surface area contributed by atoms with Gasteiger partial charge in [-0.15, -0.1) is 0 Å². The first-order valence-corrected chi connectivity index (χ1v) is 10.1. The number of carbonyl (C=O) groups is 2.